The van der Waals surface area contributed by atoms with Crippen molar-refractivity contribution < 1.29 is 22.7 Å². The number of hydrogen-bond acceptors (Lipinski definition) is 5. The Kier molecular flexibility index (Phi) is 6.67. The number of rotatable bonds is 7. The van der Waals surface area contributed by atoms with E-state index in [0.717, 1.165) is 16.7 Å². The third kappa shape index (κ3) is 5.35. The number of carbonyl (C=O) groups is 1. The van der Waals surface area contributed by atoms with Crippen molar-refractivity contribution in [3.8, 4) is 11.5 Å². The van der Waals surface area contributed by atoms with Crippen LogP contribution in [0.1, 0.15) is 16.7 Å². The molecular formula is C25H26N2O5S. The molecule has 7 nitrogen and oxygen atoms in total. The lowest BCUT2D eigenvalue weighted by Gasteiger charge is -2.28. The number of aryl methyl sites for hydroxylation is 1. The monoisotopic (exact) mass is 466 g/mol. The molecule has 0 aromatic heterocycles. The number of nitrogens with one attached hydrogen (secondary N) is 1. The van der Waals surface area contributed by atoms with Crippen molar-refractivity contribution in [1.82, 2.24) is 4.31 Å². The summed E-state index contributed by atoms with van der Waals surface area (Å²) in [7, 11) is -2.10. The van der Waals surface area contributed by atoms with Gasteiger partial charge in [-0.25, -0.2) is 8.42 Å². The van der Waals surface area contributed by atoms with Crippen molar-refractivity contribution in [2.75, 3.05) is 25.6 Å². The maximum Gasteiger partial charge on any atom is 0.262 e. The van der Waals surface area contributed by atoms with Gasteiger partial charge in [0.1, 0.15) is 11.5 Å². The first-order valence-electron chi connectivity index (χ1n) is 10.6. The highest BCUT2D eigenvalue weighted by atomic mass is 32.2. The molecule has 3 aromatic carbocycles. The molecule has 0 spiro atoms. The Hall–Kier alpha value is -3.36. The number of carbonyl (C=O) groups excluding carboxylic acids is 1. The van der Waals surface area contributed by atoms with Gasteiger partial charge in [0, 0.05) is 18.8 Å². The Balaban J connectivity index is 1.43. The second kappa shape index (κ2) is 9.64. The molecule has 1 aliphatic rings. The fourth-order valence-electron chi connectivity index (χ4n) is 3.76. The molecule has 1 amide bonds. The number of hydrogen-bond donors (Lipinski definition) is 1. The molecule has 0 atom stereocenters. The molecule has 1 aliphatic heterocycles. The lowest BCUT2D eigenvalue weighted by atomic mass is 10.0. The molecule has 0 unspecified atom stereocenters. The summed E-state index contributed by atoms with van der Waals surface area (Å²) < 4.78 is 38.3. The fraction of sp³-hybridized carbons (Fsp3) is 0.240. The van der Waals surface area contributed by atoms with Crippen molar-refractivity contribution in [2.45, 2.75) is 24.8 Å². The quantitative estimate of drug-likeness (QED) is 0.573. The second-order valence-electron chi connectivity index (χ2n) is 7.90. The highest BCUT2D eigenvalue weighted by molar-refractivity contribution is 7.89. The highest BCUT2D eigenvalue weighted by Crippen LogP contribution is 2.28. The Morgan fingerprint density at radius 3 is 2.52 bits per heavy atom. The summed E-state index contributed by atoms with van der Waals surface area (Å²) in [5.41, 5.74) is 3.60. The summed E-state index contributed by atoms with van der Waals surface area (Å²) in [6.45, 7) is 2.49. The van der Waals surface area contributed by atoms with E-state index in [1.54, 1.807) is 30.3 Å². The first-order valence-corrected chi connectivity index (χ1v) is 12.0. The van der Waals surface area contributed by atoms with Crippen LogP contribution in [-0.4, -0.2) is 38.9 Å². The number of benzene rings is 3. The van der Waals surface area contributed by atoms with Gasteiger partial charge in [0.2, 0.25) is 10.0 Å². The topological polar surface area (TPSA) is 84.9 Å². The van der Waals surface area contributed by atoms with Crippen molar-refractivity contribution >= 4 is 21.6 Å². The van der Waals surface area contributed by atoms with Crippen LogP contribution in [0.3, 0.4) is 0 Å². The van der Waals surface area contributed by atoms with Crippen molar-refractivity contribution in [1.29, 1.82) is 0 Å². The van der Waals surface area contributed by atoms with E-state index in [2.05, 4.69) is 5.32 Å². The Bertz CT molecular complexity index is 1260. The number of nitrogens with zero attached hydrogens (tertiary/aromatic N) is 1. The summed E-state index contributed by atoms with van der Waals surface area (Å²) in [6.07, 6.45) is 0.607. The van der Waals surface area contributed by atoms with Crippen LogP contribution >= 0.6 is 0 Å². The number of amides is 1. The minimum absolute atomic E-state index is 0.113. The zero-order valence-corrected chi connectivity index (χ0v) is 19.4. The average molecular weight is 467 g/mol. The Morgan fingerprint density at radius 1 is 1.00 bits per heavy atom. The van der Waals surface area contributed by atoms with Crippen molar-refractivity contribution in [3.63, 3.8) is 0 Å². The zero-order valence-electron chi connectivity index (χ0n) is 18.6. The van der Waals surface area contributed by atoms with E-state index in [1.165, 1.54) is 11.4 Å². The molecule has 33 heavy (non-hydrogen) atoms. The summed E-state index contributed by atoms with van der Waals surface area (Å²) in [5.74, 6) is 0.953. The molecule has 0 aliphatic carbocycles. The van der Waals surface area contributed by atoms with Crippen molar-refractivity contribution in [3.05, 3.63) is 83.4 Å². The fourth-order valence-corrected chi connectivity index (χ4v) is 5.18. The van der Waals surface area contributed by atoms with Gasteiger partial charge in [-0.2, -0.15) is 4.31 Å². The molecule has 0 saturated carbocycles. The molecule has 8 heteroatoms. The van der Waals surface area contributed by atoms with E-state index in [9.17, 15) is 13.2 Å². The van der Waals surface area contributed by atoms with Gasteiger partial charge < -0.3 is 14.8 Å². The van der Waals surface area contributed by atoms with Crippen LogP contribution < -0.4 is 14.8 Å². The van der Waals surface area contributed by atoms with Crippen LogP contribution in [0.5, 0.6) is 11.5 Å². The van der Waals surface area contributed by atoms with Gasteiger partial charge in [-0.05, 0) is 78.6 Å². The number of ether oxygens (including phenoxy) is 2. The molecule has 172 valence electrons. The van der Waals surface area contributed by atoms with Crippen LogP contribution in [0.25, 0.3) is 0 Å². The molecule has 0 bridgehead atoms. The van der Waals surface area contributed by atoms with Crippen molar-refractivity contribution in [2.24, 2.45) is 0 Å². The molecule has 1 N–H and O–H groups in total. The zero-order chi connectivity index (χ0) is 23.4. The van der Waals surface area contributed by atoms with Crippen LogP contribution in [-0.2, 0) is 27.8 Å². The van der Waals surface area contributed by atoms with E-state index in [4.69, 9.17) is 9.47 Å². The predicted molar refractivity (Wildman–Crippen MR) is 126 cm³/mol. The molecule has 4 rings (SSSR count). The number of methoxy groups -OCH3 is 1. The SMILES string of the molecule is COc1ccc(S(=O)(=O)N2CCc3ccc(NC(=O)COc4cccc(C)c4)cc3C2)cc1. The maximum absolute atomic E-state index is 13.1. The Labute approximate surface area is 194 Å². The minimum atomic E-state index is -3.64. The summed E-state index contributed by atoms with van der Waals surface area (Å²) in [5, 5.41) is 2.83. The summed E-state index contributed by atoms with van der Waals surface area (Å²) in [6, 6.07) is 19.5. The van der Waals surface area contributed by atoms with Gasteiger partial charge in [0.25, 0.3) is 5.91 Å². The van der Waals surface area contributed by atoms with Gasteiger partial charge in [-0.15, -0.1) is 0 Å². The van der Waals surface area contributed by atoms with Gasteiger partial charge in [0.15, 0.2) is 6.61 Å². The normalized spacial score (nSPS) is 13.8. The molecule has 3 aromatic rings. The van der Waals surface area contributed by atoms with Crippen LogP contribution in [0.15, 0.2) is 71.6 Å². The number of anilines is 1. The van der Waals surface area contributed by atoms with E-state index < -0.39 is 10.0 Å². The lowest BCUT2D eigenvalue weighted by Crippen LogP contribution is -2.36. The van der Waals surface area contributed by atoms with Crippen LogP contribution in [0.2, 0.25) is 0 Å². The first-order chi connectivity index (χ1) is 15.8. The third-order valence-electron chi connectivity index (χ3n) is 5.52. The van der Waals surface area contributed by atoms with Gasteiger partial charge in [0.05, 0.1) is 12.0 Å². The van der Waals surface area contributed by atoms with E-state index in [1.807, 2.05) is 43.3 Å². The second-order valence-corrected chi connectivity index (χ2v) is 9.84. The number of sulfonamides is 1. The van der Waals surface area contributed by atoms with E-state index in [-0.39, 0.29) is 24.0 Å². The van der Waals surface area contributed by atoms with Gasteiger partial charge in [-0.1, -0.05) is 18.2 Å². The molecule has 1 heterocycles. The summed E-state index contributed by atoms with van der Waals surface area (Å²) in [4.78, 5) is 12.6. The summed E-state index contributed by atoms with van der Waals surface area (Å²) >= 11 is 0. The van der Waals surface area contributed by atoms with Crippen LogP contribution in [0.4, 0.5) is 5.69 Å². The molecule has 0 saturated heterocycles. The largest absolute Gasteiger partial charge is 0.497 e. The lowest BCUT2D eigenvalue weighted by molar-refractivity contribution is -0.118. The van der Waals surface area contributed by atoms with Crippen LogP contribution in [0, 0.1) is 6.92 Å². The predicted octanol–water partition coefficient (Wildman–Crippen LogP) is 3.77. The number of fused-ring (bicyclic) bond motifs is 1. The molecule has 0 fully saturated rings. The van der Waals surface area contributed by atoms with Gasteiger partial charge >= 0.3 is 0 Å². The average Bonchev–Trinajstić information content (AvgIpc) is 2.82. The van der Waals surface area contributed by atoms with E-state index in [0.29, 0.717) is 30.2 Å². The Morgan fingerprint density at radius 2 is 1.79 bits per heavy atom. The highest BCUT2D eigenvalue weighted by Gasteiger charge is 2.28. The smallest absolute Gasteiger partial charge is 0.262 e. The minimum Gasteiger partial charge on any atom is -0.497 e. The van der Waals surface area contributed by atoms with E-state index >= 15 is 0 Å². The van der Waals surface area contributed by atoms with Gasteiger partial charge in [-0.3, -0.25) is 4.79 Å². The first kappa shape index (κ1) is 22.8. The standard InChI is InChI=1S/C25H26N2O5S/c1-18-4-3-5-23(14-18)32-17-25(28)26-21-7-6-19-12-13-27(16-20(19)15-21)33(29,30)24-10-8-22(31-2)9-11-24/h3-11,14-15H,12-13,16-17H2,1-2H3,(H,26,28). The maximum atomic E-state index is 13.1. The third-order valence-corrected chi connectivity index (χ3v) is 7.38. The molecular weight excluding hydrogens is 440 g/mol. The molecule has 0 radical (unpaired) electrons.